The van der Waals surface area contributed by atoms with E-state index in [-0.39, 0.29) is 16.9 Å². The number of thioether (sulfide) groups is 1. The van der Waals surface area contributed by atoms with Crippen LogP contribution in [0.1, 0.15) is 26.3 Å². The molecule has 0 saturated carbocycles. The first-order valence-electron chi connectivity index (χ1n) is 7.43. The van der Waals surface area contributed by atoms with Gasteiger partial charge in [0.15, 0.2) is 4.34 Å². The van der Waals surface area contributed by atoms with Crippen LogP contribution < -0.4 is 4.90 Å². The number of rotatable bonds is 4. The van der Waals surface area contributed by atoms with Crippen molar-refractivity contribution in [3.8, 4) is 0 Å². The first-order chi connectivity index (χ1) is 12.6. The molecule has 5 nitrogen and oxygen atoms in total. The Bertz CT molecular complexity index is 983. The second kappa shape index (κ2) is 7.00. The van der Waals surface area contributed by atoms with Gasteiger partial charge in [0.25, 0.3) is 11.8 Å². The third-order valence-electron chi connectivity index (χ3n) is 3.78. The van der Waals surface area contributed by atoms with Crippen LogP contribution in [0.5, 0.6) is 0 Å². The summed E-state index contributed by atoms with van der Waals surface area (Å²) in [6.07, 6.45) is 0. The number of carbonyl (C=O) groups is 2. The molecule has 1 aromatic heterocycles. The smallest absolute Gasteiger partial charge is 0.268 e. The number of benzene rings is 2. The first kappa shape index (κ1) is 17.5. The van der Waals surface area contributed by atoms with Gasteiger partial charge < -0.3 is 0 Å². The highest BCUT2D eigenvalue weighted by molar-refractivity contribution is 8.00. The molecule has 0 aliphatic carbocycles. The van der Waals surface area contributed by atoms with Gasteiger partial charge in [0, 0.05) is 15.8 Å². The molecule has 1 aliphatic rings. The Kier molecular flexibility index (Phi) is 4.71. The van der Waals surface area contributed by atoms with E-state index in [4.69, 9.17) is 23.2 Å². The van der Waals surface area contributed by atoms with Crippen molar-refractivity contribution in [3.63, 3.8) is 0 Å². The van der Waals surface area contributed by atoms with Crippen molar-refractivity contribution in [2.45, 2.75) is 10.1 Å². The zero-order valence-electron chi connectivity index (χ0n) is 13.0. The molecule has 4 rings (SSSR count). The average Bonchev–Trinajstić information content (AvgIpc) is 3.18. The van der Waals surface area contributed by atoms with Gasteiger partial charge in [-0.25, -0.2) is 4.90 Å². The number of carbonyl (C=O) groups excluding carboxylic acids is 2. The van der Waals surface area contributed by atoms with Crippen molar-refractivity contribution in [1.29, 1.82) is 0 Å². The molecule has 1 aliphatic heterocycles. The zero-order valence-corrected chi connectivity index (χ0v) is 16.1. The number of amides is 2. The summed E-state index contributed by atoms with van der Waals surface area (Å²) in [4.78, 5) is 26.0. The average molecular weight is 422 g/mol. The minimum Gasteiger partial charge on any atom is -0.268 e. The fourth-order valence-corrected chi connectivity index (χ4v) is 5.10. The number of halogens is 2. The largest absolute Gasteiger partial charge is 0.268 e. The second-order valence-corrected chi connectivity index (χ2v) is 8.32. The molecule has 0 fully saturated rings. The van der Waals surface area contributed by atoms with Crippen molar-refractivity contribution in [3.05, 3.63) is 69.2 Å². The molecule has 130 valence electrons. The Hall–Kier alpha value is -1.93. The molecule has 0 bridgehead atoms. The van der Waals surface area contributed by atoms with E-state index in [0.29, 0.717) is 31.3 Å². The summed E-state index contributed by atoms with van der Waals surface area (Å²) in [5, 5.41) is 9.48. The van der Waals surface area contributed by atoms with Gasteiger partial charge in [-0.2, -0.15) is 0 Å². The van der Waals surface area contributed by atoms with Crippen LogP contribution in [-0.4, -0.2) is 22.0 Å². The van der Waals surface area contributed by atoms with E-state index >= 15 is 0 Å². The number of hydrogen-bond acceptors (Lipinski definition) is 6. The number of nitrogens with zero attached hydrogens (tertiary/aromatic N) is 3. The quantitative estimate of drug-likeness (QED) is 0.339. The Balaban J connectivity index is 1.54. The molecule has 2 amide bonds. The Labute approximate surface area is 166 Å². The topological polar surface area (TPSA) is 63.2 Å². The van der Waals surface area contributed by atoms with Crippen LogP contribution in [0, 0.1) is 0 Å². The summed E-state index contributed by atoms with van der Waals surface area (Å²) in [5.74, 6) is -0.255. The number of aromatic nitrogens is 2. The third-order valence-corrected chi connectivity index (χ3v) is 6.56. The number of fused-ring (bicyclic) bond motifs is 1. The predicted molar refractivity (Wildman–Crippen MR) is 104 cm³/mol. The summed E-state index contributed by atoms with van der Waals surface area (Å²) in [7, 11) is 0. The van der Waals surface area contributed by atoms with Crippen molar-refractivity contribution in [2.24, 2.45) is 0 Å². The molecule has 2 aromatic carbocycles. The molecule has 26 heavy (non-hydrogen) atoms. The van der Waals surface area contributed by atoms with E-state index in [1.54, 1.807) is 42.5 Å². The van der Waals surface area contributed by atoms with Crippen LogP contribution in [0.3, 0.4) is 0 Å². The lowest BCUT2D eigenvalue weighted by Gasteiger charge is -2.07. The van der Waals surface area contributed by atoms with E-state index in [2.05, 4.69) is 10.2 Å². The molecule has 0 radical (unpaired) electrons. The molecule has 0 atom stereocenters. The fraction of sp³-hybridized carbons (Fsp3) is 0.0588. The van der Waals surface area contributed by atoms with E-state index < -0.39 is 0 Å². The van der Waals surface area contributed by atoms with E-state index in [9.17, 15) is 9.59 Å². The van der Waals surface area contributed by atoms with E-state index in [1.165, 1.54) is 23.1 Å². The van der Waals surface area contributed by atoms with E-state index in [1.807, 2.05) is 0 Å². The summed E-state index contributed by atoms with van der Waals surface area (Å²) in [5.41, 5.74) is 1.56. The van der Waals surface area contributed by atoms with Crippen LogP contribution in [0.4, 0.5) is 5.13 Å². The van der Waals surface area contributed by atoms with Gasteiger partial charge in [-0.15, -0.1) is 10.2 Å². The summed E-state index contributed by atoms with van der Waals surface area (Å²) in [6.45, 7) is 0. The lowest BCUT2D eigenvalue weighted by Crippen LogP contribution is -2.29. The number of anilines is 1. The summed E-state index contributed by atoms with van der Waals surface area (Å²) in [6, 6.07) is 12.0. The van der Waals surface area contributed by atoms with Gasteiger partial charge >= 0.3 is 0 Å². The number of hydrogen-bond donors (Lipinski definition) is 0. The highest BCUT2D eigenvalue weighted by Crippen LogP contribution is 2.36. The zero-order chi connectivity index (χ0) is 18.3. The SMILES string of the molecule is O=C1c2ccccc2C(=O)N1c1nnc(SCc2c(Cl)cccc2Cl)s1. The van der Waals surface area contributed by atoms with Crippen LogP contribution in [0.25, 0.3) is 0 Å². The molecule has 0 spiro atoms. The molecule has 0 unspecified atom stereocenters. The summed E-state index contributed by atoms with van der Waals surface area (Å²) < 4.78 is 0.618. The Morgan fingerprint density at radius 3 is 2.15 bits per heavy atom. The van der Waals surface area contributed by atoms with Crippen LogP contribution in [-0.2, 0) is 5.75 Å². The van der Waals surface area contributed by atoms with Gasteiger partial charge in [-0.3, -0.25) is 9.59 Å². The number of imide groups is 1. The first-order valence-corrected chi connectivity index (χ1v) is 9.99. The lowest BCUT2D eigenvalue weighted by atomic mass is 10.1. The predicted octanol–water partition coefficient (Wildman–Crippen LogP) is 4.94. The fourth-order valence-electron chi connectivity index (χ4n) is 2.52. The van der Waals surface area contributed by atoms with Crippen molar-refractivity contribution in [1.82, 2.24) is 10.2 Å². The molecule has 0 saturated heterocycles. The van der Waals surface area contributed by atoms with Crippen LogP contribution in [0.15, 0.2) is 46.8 Å². The molecule has 3 aromatic rings. The highest BCUT2D eigenvalue weighted by atomic mass is 35.5. The van der Waals surface area contributed by atoms with Crippen LogP contribution in [0.2, 0.25) is 10.0 Å². The summed E-state index contributed by atoms with van der Waals surface area (Å²) >= 11 is 14.9. The third kappa shape index (κ3) is 3.01. The molecule has 2 heterocycles. The van der Waals surface area contributed by atoms with Gasteiger partial charge in [-0.05, 0) is 29.8 Å². The Morgan fingerprint density at radius 1 is 0.923 bits per heavy atom. The maximum Gasteiger partial charge on any atom is 0.268 e. The maximum absolute atomic E-state index is 12.5. The molecule has 9 heteroatoms. The maximum atomic E-state index is 12.5. The van der Waals surface area contributed by atoms with E-state index in [0.717, 1.165) is 10.5 Å². The minimum atomic E-state index is -0.382. The molecular formula is C17H9Cl2N3O2S2. The molecule has 0 N–H and O–H groups in total. The minimum absolute atomic E-state index is 0.254. The van der Waals surface area contributed by atoms with Gasteiger partial charge in [0.05, 0.1) is 11.1 Å². The lowest BCUT2D eigenvalue weighted by molar-refractivity contribution is 0.0926. The highest BCUT2D eigenvalue weighted by Gasteiger charge is 2.38. The standard InChI is InChI=1S/C17H9Cl2N3O2S2/c18-12-6-3-7-13(19)11(12)8-25-17-21-20-16(26-17)22-14(23)9-4-1-2-5-10(9)15(22)24/h1-7H,8H2. The normalized spacial score (nSPS) is 13.4. The van der Waals surface area contributed by atoms with Gasteiger partial charge in [-0.1, -0.05) is 64.5 Å². The van der Waals surface area contributed by atoms with Gasteiger partial charge in [0.1, 0.15) is 0 Å². The second-order valence-electron chi connectivity index (χ2n) is 5.33. The van der Waals surface area contributed by atoms with Crippen molar-refractivity contribution >= 4 is 63.2 Å². The Morgan fingerprint density at radius 2 is 1.54 bits per heavy atom. The molecular weight excluding hydrogens is 413 g/mol. The van der Waals surface area contributed by atoms with Crippen LogP contribution >= 0.6 is 46.3 Å². The van der Waals surface area contributed by atoms with Crippen molar-refractivity contribution in [2.75, 3.05) is 4.90 Å². The van der Waals surface area contributed by atoms with Gasteiger partial charge in [0.2, 0.25) is 5.13 Å². The van der Waals surface area contributed by atoms with Crippen molar-refractivity contribution < 1.29 is 9.59 Å². The monoisotopic (exact) mass is 421 g/mol.